The fourth-order valence-corrected chi connectivity index (χ4v) is 2.16. The van der Waals surface area contributed by atoms with E-state index in [2.05, 4.69) is 0 Å². The summed E-state index contributed by atoms with van der Waals surface area (Å²) in [6, 6.07) is 7.46. The van der Waals surface area contributed by atoms with Gasteiger partial charge in [-0.15, -0.1) is 0 Å². The lowest BCUT2D eigenvalue weighted by Crippen LogP contribution is -2.46. The van der Waals surface area contributed by atoms with Crippen LogP contribution in [-0.2, 0) is 16.0 Å². The molecule has 1 aromatic rings. The van der Waals surface area contributed by atoms with E-state index in [0.717, 1.165) is 5.56 Å². The summed E-state index contributed by atoms with van der Waals surface area (Å²) in [5.41, 5.74) is 1.05. The van der Waals surface area contributed by atoms with Crippen molar-refractivity contribution in [3.8, 4) is 5.75 Å². The molecule has 1 unspecified atom stereocenters. The van der Waals surface area contributed by atoms with Crippen molar-refractivity contribution in [3.63, 3.8) is 0 Å². The van der Waals surface area contributed by atoms with Crippen molar-refractivity contribution in [2.24, 2.45) is 0 Å². The normalized spacial score (nSPS) is 16.8. The van der Waals surface area contributed by atoms with Gasteiger partial charge in [-0.3, -0.25) is 4.79 Å². The number of carbonyl (C=O) groups excluding carboxylic acids is 1. The third kappa shape index (κ3) is 3.95. The van der Waals surface area contributed by atoms with E-state index >= 15 is 0 Å². The summed E-state index contributed by atoms with van der Waals surface area (Å²) >= 11 is 0. The summed E-state index contributed by atoms with van der Waals surface area (Å²) in [5.74, 6) is 0.661. The van der Waals surface area contributed by atoms with Crippen molar-refractivity contribution in [1.29, 1.82) is 0 Å². The van der Waals surface area contributed by atoms with E-state index in [9.17, 15) is 4.79 Å². The summed E-state index contributed by atoms with van der Waals surface area (Å²) in [5, 5.41) is 8.86. The molecule has 0 aliphatic carbocycles. The van der Waals surface area contributed by atoms with Gasteiger partial charge in [0, 0.05) is 19.7 Å². The largest absolute Gasteiger partial charge is 0.481 e. The Hall–Kier alpha value is -1.59. The molecule has 1 N–H and O–H groups in total. The molecule has 1 fully saturated rings. The van der Waals surface area contributed by atoms with Gasteiger partial charge in [-0.2, -0.15) is 0 Å². The van der Waals surface area contributed by atoms with Gasteiger partial charge in [-0.1, -0.05) is 12.1 Å². The maximum Gasteiger partial charge on any atom is 0.263 e. The minimum Gasteiger partial charge on any atom is -0.481 e. The van der Waals surface area contributed by atoms with Crippen molar-refractivity contribution < 1.29 is 19.4 Å². The molecule has 0 bridgehead atoms. The predicted octanol–water partition coefficient (Wildman–Crippen LogP) is 0.847. The number of amides is 1. The number of aliphatic hydroxyl groups is 1. The molecule has 0 aromatic heterocycles. The number of ether oxygens (including phenoxy) is 2. The Bertz CT molecular complexity index is 426. The first kappa shape index (κ1) is 14.8. The molecule has 20 heavy (non-hydrogen) atoms. The Morgan fingerprint density at radius 3 is 2.60 bits per heavy atom. The smallest absolute Gasteiger partial charge is 0.263 e. The summed E-state index contributed by atoms with van der Waals surface area (Å²) in [4.78, 5) is 14.0. The number of rotatable bonds is 5. The van der Waals surface area contributed by atoms with Crippen LogP contribution in [0.15, 0.2) is 24.3 Å². The standard InChI is InChI=1S/C15H21NO4/c1-12(15(18)16-7-10-19-11-8-16)20-14-4-2-13(3-5-14)6-9-17/h2-5,12,17H,6-11H2,1H3. The fraction of sp³-hybridized carbons (Fsp3) is 0.533. The van der Waals surface area contributed by atoms with Crippen LogP contribution in [0.5, 0.6) is 5.75 Å². The van der Waals surface area contributed by atoms with E-state index in [0.29, 0.717) is 38.5 Å². The molecule has 1 amide bonds. The summed E-state index contributed by atoms with van der Waals surface area (Å²) < 4.78 is 10.9. The quantitative estimate of drug-likeness (QED) is 0.868. The highest BCUT2D eigenvalue weighted by Crippen LogP contribution is 2.15. The van der Waals surface area contributed by atoms with Gasteiger partial charge in [0.25, 0.3) is 5.91 Å². The minimum atomic E-state index is -0.503. The number of benzene rings is 1. The average molecular weight is 279 g/mol. The highest BCUT2D eigenvalue weighted by atomic mass is 16.5. The molecule has 5 nitrogen and oxygen atoms in total. The maximum atomic E-state index is 12.2. The molecule has 1 saturated heterocycles. The molecular weight excluding hydrogens is 258 g/mol. The van der Waals surface area contributed by atoms with Crippen LogP contribution < -0.4 is 4.74 Å². The second-order valence-electron chi connectivity index (χ2n) is 4.82. The van der Waals surface area contributed by atoms with E-state index in [1.165, 1.54) is 0 Å². The molecule has 1 heterocycles. The Labute approximate surface area is 119 Å². The second kappa shape index (κ2) is 7.26. The van der Waals surface area contributed by atoms with Crippen LogP contribution in [0.25, 0.3) is 0 Å². The van der Waals surface area contributed by atoms with E-state index in [4.69, 9.17) is 14.6 Å². The highest BCUT2D eigenvalue weighted by molar-refractivity contribution is 5.81. The SMILES string of the molecule is CC(Oc1ccc(CCO)cc1)C(=O)N1CCOCC1. The molecule has 0 spiro atoms. The molecule has 2 rings (SSSR count). The Balaban J connectivity index is 1.89. The number of aliphatic hydroxyl groups excluding tert-OH is 1. The number of nitrogens with zero attached hydrogens (tertiary/aromatic N) is 1. The van der Waals surface area contributed by atoms with Gasteiger partial charge in [-0.25, -0.2) is 0 Å². The van der Waals surface area contributed by atoms with Crippen LogP contribution in [0.3, 0.4) is 0 Å². The van der Waals surface area contributed by atoms with E-state index in [1.807, 2.05) is 24.3 Å². The zero-order valence-corrected chi connectivity index (χ0v) is 11.7. The predicted molar refractivity (Wildman–Crippen MR) is 74.7 cm³/mol. The van der Waals surface area contributed by atoms with Gasteiger partial charge >= 0.3 is 0 Å². The van der Waals surface area contributed by atoms with Crippen molar-refractivity contribution in [2.75, 3.05) is 32.9 Å². The van der Waals surface area contributed by atoms with Crippen LogP contribution in [0.1, 0.15) is 12.5 Å². The summed E-state index contributed by atoms with van der Waals surface area (Å²) in [7, 11) is 0. The Kier molecular flexibility index (Phi) is 5.38. The van der Waals surface area contributed by atoms with Crippen LogP contribution in [0.2, 0.25) is 0 Å². The maximum absolute atomic E-state index is 12.2. The van der Waals surface area contributed by atoms with Gasteiger partial charge in [0.15, 0.2) is 6.10 Å². The van der Waals surface area contributed by atoms with Gasteiger partial charge in [-0.05, 0) is 31.0 Å². The molecule has 0 saturated carbocycles. The molecule has 1 aliphatic rings. The lowest BCUT2D eigenvalue weighted by atomic mass is 10.1. The number of morpholine rings is 1. The first-order valence-electron chi connectivity index (χ1n) is 6.93. The second-order valence-corrected chi connectivity index (χ2v) is 4.82. The first-order chi connectivity index (χ1) is 9.70. The zero-order chi connectivity index (χ0) is 14.4. The average Bonchev–Trinajstić information content (AvgIpc) is 2.49. The third-order valence-electron chi connectivity index (χ3n) is 3.31. The lowest BCUT2D eigenvalue weighted by Gasteiger charge is -2.29. The van der Waals surface area contributed by atoms with Crippen LogP contribution in [-0.4, -0.2) is 54.9 Å². The Morgan fingerprint density at radius 1 is 1.35 bits per heavy atom. The van der Waals surface area contributed by atoms with Crippen molar-refractivity contribution in [3.05, 3.63) is 29.8 Å². The van der Waals surface area contributed by atoms with Crippen LogP contribution >= 0.6 is 0 Å². The molecular formula is C15H21NO4. The topological polar surface area (TPSA) is 59.0 Å². The van der Waals surface area contributed by atoms with Gasteiger partial charge in [0.05, 0.1) is 13.2 Å². The van der Waals surface area contributed by atoms with Crippen molar-refractivity contribution in [1.82, 2.24) is 4.90 Å². The van der Waals surface area contributed by atoms with Crippen LogP contribution in [0, 0.1) is 0 Å². The lowest BCUT2D eigenvalue weighted by molar-refractivity contribution is -0.142. The molecule has 1 aromatic carbocycles. The van der Waals surface area contributed by atoms with Gasteiger partial charge in [0.1, 0.15) is 5.75 Å². The number of carbonyl (C=O) groups is 1. The third-order valence-corrected chi connectivity index (χ3v) is 3.31. The minimum absolute atomic E-state index is 0.00673. The molecule has 5 heteroatoms. The summed E-state index contributed by atoms with van der Waals surface area (Å²) in [6.45, 7) is 4.33. The Morgan fingerprint density at radius 2 is 2.00 bits per heavy atom. The van der Waals surface area contributed by atoms with E-state index in [-0.39, 0.29) is 12.5 Å². The monoisotopic (exact) mass is 279 g/mol. The zero-order valence-electron chi connectivity index (χ0n) is 11.7. The van der Waals surface area contributed by atoms with Gasteiger partial charge in [0.2, 0.25) is 0 Å². The molecule has 110 valence electrons. The molecule has 1 atom stereocenters. The summed E-state index contributed by atoms with van der Waals surface area (Å²) in [6.07, 6.45) is 0.125. The van der Waals surface area contributed by atoms with E-state index in [1.54, 1.807) is 11.8 Å². The van der Waals surface area contributed by atoms with Crippen molar-refractivity contribution in [2.45, 2.75) is 19.4 Å². The van der Waals surface area contributed by atoms with E-state index < -0.39 is 6.10 Å². The van der Waals surface area contributed by atoms with Crippen molar-refractivity contribution >= 4 is 5.91 Å². The van der Waals surface area contributed by atoms with Gasteiger partial charge < -0.3 is 19.5 Å². The molecule has 0 radical (unpaired) electrons. The fourth-order valence-electron chi connectivity index (χ4n) is 2.16. The first-order valence-corrected chi connectivity index (χ1v) is 6.93. The van der Waals surface area contributed by atoms with Crippen LogP contribution in [0.4, 0.5) is 0 Å². The highest BCUT2D eigenvalue weighted by Gasteiger charge is 2.23. The molecule has 1 aliphatic heterocycles. The number of hydrogen-bond acceptors (Lipinski definition) is 4. The number of hydrogen-bond donors (Lipinski definition) is 1.